The summed E-state index contributed by atoms with van der Waals surface area (Å²) >= 11 is -2.57. The number of nitrogens with zero attached hydrogens (tertiary/aromatic N) is 3. The standard InChI is InChI=1S/C27H27N5O10S/c1-39-20-13-16(42-43(37)38)14-21(40-2)17(20)15-41-27-25(30-18-5-3-4-6-19(18)31-27)26(36)29-11-10-28-22(33)9-12-32-23(34)7-8-24(32)35/h3-8,13-14H,9-12,15H2,1-2H3,(H,28,33)(H,29,36)(H,37,38). The molecule has 2 aromatic carbocycles. The van der Waals surface area contributed by atoms with Gasteiger partial charge in [-0.1, -0.05) is 12.1 Å². The van der Waals surface area contributed by atoms with E-state index < -0.39 is 35.0 Å². The van der Waals surface area contributed by atoms with Crippen LogP contribution in [0.15, 0.2) is 48.6 Å². The Morgan fingerprint density at radius 2 is 1.56 bits per heavy atom. The number of ether oxygens (including phenoxy) is 3. The van der Waals surface area contributed by atoms with Gasteiger partial charge in [0.2, 0.25) is 11.8 Å². The molecule has 1 aromatic heterocycles. The lowest BCUT2D eigenvalue weighted by Crippen LogP contribution is -2.38. The Balaban J connectivity index is 1.43. The topological polar surface area (TPSA) is 196 Å². The van der Waals surface area contributed by atoms with Crippen molar-refractivity contribution in [3.8, 4) is 23.1 Å². The summed E-state index contributed by atoms with van der Waals surface area (Å²) in [6.45, 7) is -0.126. The molecule has 4 rings (SSSR count). The van der Waals surface area contributed by atoms with Crippen LogP contribution in [0.1, 0.15) is 22.5 Å². The molecule has 3 N–H and O–H groups in total. The summed E-state index contributed by atoms with van der Waals surface area (Å²) in [5.41, 5.74) is 1.21. The Morgan fingerprint density at radius 3 is 2.16 bits per heavy atom. The van der Waals surface area contributed by atoms with Crippen molar-refractivity contribution in [2.24, 2.45) is 0 Å². The molecule has 0 bridgehead atoms. The van der Waals surface area contributed by atoms with Crippen LogP contribution in [-0.2, 0) is 32.4 Å². The van der Waals surface area contributed by atoms with E-state index in [1.165, 1.54) is 26.4 Å². The van der Waals surface area contributed by atoms with Crippen LogP contribution in [0.5, 0.6) is 23.1 Å². The summed E-state index contributed by atoms with van der Waals surface area (Å²) in [6, 6.07) is 9.64. The monoisotopic (exact) mass is 613 g/mol. The van der Waals surface area contributed by atoms with Gasteiger partial charge in [-0.2, -0.15) is 4.21 Å². The van der Waals surface area contributed by atoms with Crippen LogP contribution < -0.4 is 29.0 Å². The third kappa shape index (κ3) is 7.81. The van der Waals surface area contributed by atoms with Gasteiger partial charge in [-0.05, 0) is 12.1 Å². The maximum atomic E-state index is 13.1. The molecule has 2 heterocycles. The van der Waals surface area contributed by atoms with Crippen LogP contribution in [0.4, 0.5) is 0 Å². The highest BCUT2D eigenvalue weighted by Gasteiger charge is 2.24. The summed E-state index contributed by atoms with van der Waals surface area (Å²) in [5.74, 6) is -1.57. The lowest BCUT2D eigenvalue weighted by molar-refractivity contribution is -0.137. The highest BCUT2D eigenvalue weighted by Crippen LogP contribution is 2.35. The van der Waals surface area contributed by atoms with Crippen molar-refractivity contribution in [1.82, 2.24) is 25.5 Å². The number of rotatable bonds is 14. The van der Waals surface area contributed by atoms with Gasteiger partial charge in [0.15, 0.2) is 5.69 Å². The van der Waals surface area contributed by atoms with Crippen molar-refractivity contribution in [3.63, 3.8) is 0 Å². The molecule has 1 aliphatic rings. The summed E-state index contributed by atoms with van der Waals surface area (Å²) in [5, 5.41) is 5.27. The molecule has 15 nitrogen and oxygen atoms in total. The largest absolute Gasteiger partial charge is 0.496 e. The van der Waals surface area contributed by atoms with Crippen molar-refractivity contribution in [1.29, 1.82) is 0 Å². The fourth-order valence-corrected chi connectivity index (χ4v) is 4.28. The number of carbonyl (C=O) groups is 4. The van der Waals surface area contributed by atoms with Crippen molar-refractivity contribution in [2.45, 2.75) is 13.0 Å². The van der Waals surface area contributed by atoms with Crippen LogP contribution in [-0.4, -0.2) is 81.1 Å². The Labute approximate surface area is 247 Å². The zero-order valence-corrected chi connectivity index (χ0v) is 23.8. The van der Waals surface area contributed by atoms with E-state index in [0.717, 1.165) is 17.1 Å². The van der Waals surface area contributed by atoms with Crippen molar-refractivity contribution < 1.29 is 46.3 Å². The first kappa shape index (κ1) is 30.9. The minimum Gasteiger partial charge on any atom is -0.496 e. The number of fused-ring (bicyclic) bond motifs is 1. The molecular weight excluding hydrogens is 586 g/mol. The van der Waals surface area contributed by atoms with Gasteiger partial charge >= 0.3 is 11.4 Å². The van der Waals surface area contributed by atoms with Crippen LogP contribution in [0.25, 0.3) is 11.0 Å². The zero-order valence-electron chi connectivity index (χ0n) is 23.0. The van der Waals surface area contributed by atoms with Gasteiger partial charge in [-0.25, -0.2) is 9.97 Å². The number of benzene rings is 2. The molecular formula is C27H27N5O10S. The minimum atomic E-state index is -2.57. The SMILES string of the molecule is COc1cc(OS(=O)O)cc(OC)c1COc1nc2ccccc2nc1C(=O)NCCNC(=O)CCN1C(=O)C=CC1=O. The van der Waals surface area contributed by atoms with E-state index in [4.69, 9.17) is 22.9 Å². The fourth-order valence-electron chi connectivity index (χ4n) is 4.02. The quantitative estimate of drug-likeness (QED) is 0.132. The van der Waals surface area contributed by atoms with Gasteiger partial charge in [-0.15, -0.1) is 0 Å². The number of imide groups is 1. The number of carbonyl (C=O) groups excluding carboxylic acids is 4. The molecule has 0 aliphatic carbocycles. The van der Waals surface area contributed by atoms with Gasteiger partial charge in [0.25, 0.3) is 17.7 Å². The normalized spacial score (nSPS) is 13.1. The van der Waals surface area contributed by atoms with Gasteiger partial charge in [0.1, 0.15) is 23.9 Å². The van der Waals surface area contributed by atoms with E-state index >= 15 is 0 Å². The summed E-state index contributed by atoms with van der Waals surface area (Å²) in [7, 11) is 2.77. The molecule has 0 spiro atoms. The first-order valence-corrected chi connectivity index (χ1v) is 13.8. The minimum absolute atomic E-state index is 0.0194. The second-order valence-electron chi connectivity index (χ2n) is 8.78. The first-order chi connectivity index (χ1) is 20.7. The Hall–Kier alpha value is -5.09. The lowest BCUT2D eigenvalue weighted by Gasteiger charge is -2.16. The number of para-hydroxylation sites is 2. The Kier molecular flexibility index (Phi) is 10.2. The van der Waals surface area contributed by atoms with E-state index in [1.807, 2.05) is 0 Å². The molecule has 1 unspecified atom stereocenters. The van der Waals surface area contributed by atoms with E-state index in [2.05, 4.69) is 20.6 Å². The summed E-state index contributed by atoms with van der Waals surface area (Å²) < 4.78 is 41.6. The van der Waals surface area contributed by atoms with Crippen molar-refractivity contribution in [3.05, 3.63) is 59.8 Å². The molecule has 0 radical (unpaired) electrons. The molecule has 43 heavy (non-hydrogen) atoms. The molecule has 0 saturated heterocycles. The van der Waals surface area contributed by atoms with Gasteiger partial charge in [0.05, 0.1) is 30.8 Å². The third-order valence-corrected chi connectivity index (χ3v) is 6.39. The Morgan fingerprint density at radius 1 is 0.953 bits per heavy atom. The van der Waals surface area contributed by atoms with E-state index in [9.17, 15) is 23.4 Å². The highest BCUT2D eigenvalue weighted by atomic mass is 32.2. The van der Waals surface area contributed by atoms with Crippen molar-refractivity contribution in [2.75, 3.05) is 33.9 Å². The smallest absolute Gasteiger partial charge is 0.357 e. The molecule has 3 aromatic rings. The predicted molar refractivity (Wildman–Crippen MR) is 151 cm³/mol. The van der Waals surface area contributed by atoms with Gasteiger partial charge in [0, 0.05) is 50.3 Å². The fraction of sp³-hybridized carbons (Fsp3) is 0.259. The maximum absolute atomic E-state index is 13.1. The molecule has 0 fully saturated rings. The molecule has 226 valence electrons. The molecule has 1 atom stereocenters. The number of hydrogen-bond donors (Lipinski definition) is 3. The molecule has 16 heteroatoms. The maximum Gasteiger partial charge on any atom is 0.357 e. The van der Waals surface area contributed by atoms with Crippen LogP contribution in [0, 0.1) is 0 Å². The first-order valence-electron chi connectivity index (χ1n) is 12.7. The second kappa shape index (κ2) is 14.2. The van der Waals surface area contributed by atoms with Gasteiger partial charge in [-0.3, -0.25) is 28.6 Å². The predicted octanol–water partition coefficient (Wildman–Crippen LogP) is 0.903. The number of hydrogen-bond acceptors (Lipinski definition) is 11. The summed E-state index contributed by atoms with van der Waals surface area (Å²) in [4.78, 5) is 58.3. The second-order valence-corrected chi connectivity index (χ2v) is 9.38. The average Bonchev–Trinajstić information content (AvgIpc) is 3.32. The van der Waals surface area contributed by atoms with E-state index in [-0.39, 0.29) is 61.5 Å². The van der Waals surface area contributed by atoms with Crippen LogP contribution in [0.3, 0.4) is 0 Å². The van der Waals surface area contributed by atoms with Gasteiger partial charge < -0.3 is 29.0 Å². The number of aromatic nitrogens is 2. The van der Waals surface area contributed by atoms with E-state index in [0.29, 0.717) is 16.6 Å². The number of amides is 4. The number of methoxy groups -OCH3 is 2. The van der Waals surface area contributed by atoms with Crippen LogP contribution >= 0.6 is 0 Å². The lowest BCUT2D eigenvalue weighted by atomic mass is 10.1. The molecule has 0 saturated carbocycles. The molecule has 1 aliphatic heterocycles. The van der Waals surface area contributed by atoms with Crippen LogP contribution in [0.2, 0.25) is 0 Å². The average molecular weight is 614 g/mol. The summed E-state index contributed by atoms with van der Waals surface area (Å²) in [6.07, 6.45) is 2.20. The third-order valence-electron chi connectivity index (χ3n) is 6.05. The van der Waals surface area contributed by atoms with Crippen molar-refractivity contribution >= 4 is 46.0 Å². The molecule has 4 amide bonds. The Bertz CT molecular complexity index is 1570. The number of nitrogens with one attached hydrogen (secondary N) is 2. The van der Waals surface area contributed by atoms with E-state index in [1.54, 1.807) is 24.3 Å². The zero-order chi connectivity index (χ0) is 30.9. The highest BCUT2D eigenvalue weighted by molar-refractivity contribution is 7.74.